The molecule has 0 aromatic heterocycles. The predicted octanol–water partition coefficient (Wildman–Crippen LogP) is 2.42. The fraction of sp³-hybridized carbons (Fsp3) is 0.412. The largest absolute Gasteiger partial charge is 0.376 e. The van der Waals surface area contributed by atoms with Gasteiger partial charge in [0.25, 0.3) is 5.91 Å². The highest BCUT2D eigenvalue weighted by atomic mass is 16.5. The molecule has 2 rings (SSSR count). The zero-order valence-corrected chi connectivity index (χ0v) is 13.0. The first-order valence-electron chi connectivity index (χ1n) is 7.44. The third-order valence-corrected chi connectivity index (χ3v) is 3.64. The summed E-state index contributed by atoms with van der Waals surface area (Å²) in [5.41, 5.74) is 3.11. The number of hydrogen-bond donors (Lipinski definition) is 2. The van der Waals surface area contributed by atoms with Crippen molar-refractivity contribution in [2.45, 2.75) is 32.8 Å². The number of aryl methyl sites for hydroxylation is 2. The number of hydrogen-bond acceptors (Lipinski definition) is 4. The molecule has 5 heteroatoms. The van der Waals surface area contributed by atoms with Crippen LogP contribution in [-0.4, -0.2) is 25.2 Å². The molecule has 2 N–H and O–H groups in total. The maximum Gasteiger partial charge on any atom is 0.263 e. The second kappa shape index (κ2) is 7.62. The van der Waals surface area contributed by atoms with Gasteiger partial charge in [0.2, 0.25) is 0 Å². The minimum Gasteiger partial charge on any atom is -0.376 e. The Bertz CT molecular complexity index is 611. The van der Waals surface area contributed by atoms with Crippen molar-refractivity contribution in [2.75, 3.05) is 18.5 Å². The lowest BCUT2D eigenvalue weighted by molar-refractivity contribution is -0.117. The quantitative estimate of drug-likeness (QED) is 0.647. The topological polar surface area (TPSA) is 74.2 Å². The van der Waals surface area contributed by atoms with Gasteiger partial charge >= 0.3 is 0 Å². The van der Waals surface area contributed by atoms with Gasteiger partial charge in [0.1, 0.15) is 11.6 Å². The molecule has 1 aromatic rings. The number of carbonyl (C=O) groups is 1. The summed E-state index contributed by atoms with van der Waals surface area (Å²) in [5.74, 6) is -0.379. The number of benzene rings is 1. The molecule has 1 aliphatic rings. The summed E-state index contributed by atoms with van der Waals surface area (Å²) in [4.78, 5) is 12.0. The summed E-state index contributed by atoms with van der Waals surface area (Å²) < 4.78 is 5.44. The summed E-state index contributed by atoms with van der Waals surface area (Å²) in [5, 5.41) is 14.9. The lowest BCUT2D eigenvalue weighted by Gasteiger charge is -2.11. The van der Waals surface area contributed by atoms with Gasteiger partial charge in [0.05, 0.1) is 6.10 Å². The van der Waals surface area contributed by atoms with Gasteiger partial charge in [-0.05, 0) is 43.9 Å². The SMILES string of the molecule is Cc1ccc(C)c(N/C=C(/C#N)C(=O)NCC2CCCO2)c1. The molecule has 1 heterocycles. The minimum absolute atomic E-state index is 0.0545. The molecule has 0 aliphatic carbocycles. The Kier molecular flexibility index (Phi) is 5.56. The van der Waals surface area contributed by atoms with Gasteiger partial charge < -0.3 is 15.4 Å². The van der Waals surface area contributed by atoms with Crippen LogP contribution in [-0.2, 0) is 9.53 Å². The van der Waals surface area contributed by atoms with Gasteiger partial charge in [-0.25, -0.2) is 0 Å². The second-order valence-electron chi connectivity index (χ2n) is 5.48. The first-order valence-corrected chi connectivity index (χ1v) is 7.44. The van der Waals surface area contributed by atoms with E-state index in [-0.39, 0.29) is 17.6 Å². The van der Waals surface area contributed by atoms with Crippen molar-refractivity contribution in [3.63, 3.8) is 0 Å². The van der Waals surface area contributed by atoms with Gasteiger partial charge in [-0.2, -0.15) is 5.26 Å². The summed E-state index contributed by atoms with van der Waals surface area (Å²) in [6.07, 6.45) is 3.49. The van der Waals surface area contributed by atoms with Crippen LogP contribution in [0.5, 0.6) is 0 Å². The molecule has 1 saturated heterocycles. The van der Waals surface area contributed by atoms with Crippen LogP contribution < -0.4 is 10.6 Å². The van der Waals surface area contributed by atoms with Crippen LogP contribution in [0.4, 0.5) is 5.69 Å². The molecule has 22 heavy (non-hydrogen) atoms. The van der Waals surface area contributed by atoms with E-state index in [0.29, 0.717) is 6.54 Å². The van der Waals surface area contributed by atoms with Crippen LogP contribution in [0.15, 0.2) is 30.0 Å². The van der Waals surface area contributed by atoms with E-state index in [9.17, 15) is 4.79 Å². The second-order valence-corrected chi connectivity index (χ2v) is 5.48. The lowest BCUT2D eigenvalue weighted by atomic mass is 10.1. The molecule has 0 radical (unpaired) electrons. The smallest absolute Gasteiger partial charge is 0.263 e. The maximum absolute atomic E-state index is 12.0. The van der Waals surface area contributed by atoms with E-state index in [2.05, 4.69) is 10.6 Å². The van der Waals surface area contributed by atoms with E-state index in [0.717, 1.165) is 36.3 Å². The van der Waals surface area contributed by atoms with Gasteiger partial charge in [-0.15, -0.1) is 0 Å². The van der Waals surface area contributed by atoms with Crippen molar-refractivity contribution < 1.29 is 9.53 Å². The molecule has 1 atom stereocenters. The van der Waals surface area contributed by atoms with E-state index in [1.165, 1.54) is 6.20 Å². The van der Waals surface area contributed by atoms with Crippen molar-refractivity contribution in [1.82, 2.24) is 5.32 Å². The van der Waals surface area contributed by atoms with E-state index >= 15 is 0 Å². The van der Waals surface area contributed by atoms with Gasteiger partial charge in [0.15, 0.2) is 0 Å². The van der Waals surface area contributed by atoms with Crippen molar-refractivity contribution >= 4 is 11.6 Å². The average molecular weight is 299 g/mol. The van der Waals surface area contributed by atoms with Gasteiger partial charge in [-0.1, -0.05) is 12.1 Å². The molecular weight excluding hydrogens is 278 g/mol. The maximum atomic E-state index is 12.0. The van der Waals surface area contributed by atoms with E-state index in [1.54, 1.807) is 0 Å². The number of ether oxygens (including phenoxy) is 1. The molecule has 1 unspecified atom stereocenters. The number of nitriles is 1. The fourth-order valence-corrected chi connectivity index (χ4v) is 2.30. The summed E-state index contributed by atoms with van der Waals surface area (Å²) in [6, 6.07) is 7.92. The number of rotatable bonds is 5. The third kappa shape index (κ3) is 4.34. The molecule has 0 saturated carbocycles. The number of nitrogens with one attached hydrogen (secondary N) is 2. The van der Waals surface area contributed by atoms with Crippen LogP contribution in [0.1, 0.15) is 24.0 Å². The average Bonchev–Trinajstić information content (AvgIpc) is 3.02. The fourth-order valence-electron chi connectivity index (χ4n) is 2.30. The normalized spacial score (nSPS) is 17.9. The van der Waals surface area contributed by atoms with Crippen molar-refractivity contribution in [1.29, 1.82) is 5.26 Å². The molecule has 1 aliphatic heterocycles. The molecule has 0 spiro atoms. The first kappa shape index (κ1) is 16.1. The van der Waals surface area contributed by atoms with Crippen LogP contribution >= 0.6 is 0 Å². The molecule has 1 amide bonds. The molecule has 1 fully saturated rings. The zero-order chi connectivity index (χ0) is 15.9. The van der Waals surface area contributed by atoms with Crippen LogP contribution in [0.25, 0.3) is 0 Å². The first-order chi connectivity index (χ1) is 10.6. The Morgan fingerprint density at radius 2 is 2.32 bits per heavy atom. The molecule has 0 bridgehead atoms. The zero-order valence-electron chi connectivity index (χ0n) is 13.0. The Morgan fingerprint density at radius 1 is 1.50 bits per heavy atom. The number of nitrogens with zero attached hydrogens (tertiary/aromatic N) is 1. The molecule has 1 aromatic carbocycles. The van der Waals surface area contributed by atoms with Crippen LogP contribution in [0.3, 0.4) is 0 Å². The van der Waals surface area contributed by atoms with E-state index < -0.39 is 0 Å². The van der Waals surface area contributed by atoms with Crippen LogP contribution in [0, 0.1) is 25.2 Å². The standard InChI is InChI=1S/C17H21N3O2/c1-12-5-6-13(2)16(8-12)19-10-14(9-18)17(21)20-11-15-4-3-7-22-15/h5-6,8,10,15,19H,3-4,7,11H2,1-2H3,(H,20,21)/b14-10-. The van der Waals surface area contributed by atoms with Crippen LogP contribution in [0.2, 0.25) is 0 Å². The predicted molar refractivity (Wildman–Crippen MR) is 85.2 cm³/mol. The molecule has 5 nitrogen and oxygen atoms in total. The highest BCUT2D eigenvalue weighted by Gasteiger charge is 2.17. The van der Waals surface area contributed by atoms with Gasteiger partial charge in [0, 0.05) is 25.0 Å². The Hall–Kier alpha value is -2.32. The Labute approximate surface area is 131 Å². The Balaban J connectivity index is 1.96. The number of anilines is 1. The minimum atomic E-state index is -0.379. The van der Waals surface area contributed by atoms with E-state index in [1.807, 2.05) is 38.1 Å². The summed E-state index contributed by atoms with van der Waals surface area (Å²) in [6.45, 7) is 5.16. The number of amides is 1. The highest BCUT2D eigenvalue weighted by Crippen LogP contribution is 2.16. The number of carbonyl (C=O) groups excluding carboxylic acids is 1. The highest BCUT2D eigenvalue weighted by molar-refractivity contribution is 5.97. The summed E-state index contributed by atoms with van der Waals surface area (Å²) in [7, 11) is 0. The van der Waals surface area contributed by atoms with Crippen molar-refractivity contribution in [3.05, 3.63) is 41.1 Å². The summed E-state index contributed by atoms with van der Waals surface area (Å²) >= 11 is 0. The molecular formula is C17H21N3O2. The molecule has 116 valence electrons. The third-order valence-electron chi connectivity index (χ3n) is 3.64. The Morgan fingerprint density at radius 3 is 3.00 bits per heavy atom. The van der Waals surface area contributed by atoms with E-state index in [4.69, 9.17) is 10.00 Å². The lowest BCUT2D eigenvalue weighted by Crippen LogP contribution is -2.32. The van der Waals surface area contributed by atoms with Crippen molar-refractivity contribution in [2.24, 2.45) is 0 Å². The van der Waals surface area contributed by atoms with Gasteiger partial charge in [-0.3, -0.25) is 4.79 Å². The van der Waals surface area contributed by atoms with Crippen molar-refractivity contribution in [3.8, 4) is 6.07 Å². The monoisotopic (exact) mass is 299 g/mol.